The molecule has 0 saturated heterocycles. The molecule has 0 bridgehead atoms. The van der Waals surface area contributed by atoms with E-state index in [9.17, 15) is 8.42 Å². The summed E-state index contributed by atoms with van der Waals surface area (Å²) in [5.74, 6) is 0.578. The van der Waals surface area contributed by atoms with Gasteiger partial charge in [0.15, 0.2) is 0 Å². The van der Waals surface area contributed by atoms with Crippen LogP contribution in [-0.4, -0.2) is 15.0 Å². The summed E-state index contributed by atoms with van der Waals surface area (Å²) in [4.78, 5) is 0.152. The molecule has 0 spiro atoms. The van der Waals surface area contributed by atoms with Gasteiger partial charge in [-0.25, -0.2) is 13.6 Å². The van der Waals surface area contributed by atoms with Crippen molar-refractivity contribution in [3.05, 3.63) is 24.3 Å². The Morgan fingerprint density at radius 2 is 1.94 bits per heavy atom. The first-order valence-electron chi connectivity index (χ1n) is 5.27. The van der Waals surface area contributed by atoms with Crippen molar-refractivity contribution in [3.8, 4) is 0 Å². The molecule has 0 atom stereocenters. The zero-order valence-electron chi connectivity index (χ0n) is 9.60. The molecule has 0 aliphatic heterocycles. The third-order valence-corrected chi connectivity index (χ3v) is 3.20. The van der Waals surface area contributed by atoms with Gasteiger partial charge in [0.25, 0.3) is 0 Å². The molecule has 1 aromatic carbocycles. The van der Waals surface area contributed by atoms with Crippen LogP contribution >= 0.6 is 0 Å². The number of nitrogens with one attached hydrogen (secondary N) is 1. The summed E-state index contributed by atoms with van der Waals surface area (Å²) < 4.78 is 22.6. The van der Waals surface area contributed by atoms with Crippen molar-refractivity contribution in [2.24, 2.45) is 11.1 Å². The topological polar surface area (TPSA) is 72.2 Å². The third-order valence-electron chi connectivity index (χ3n) is 2.23. The monoisotopic (exact) mass is 242 g/mol. The average molecular weight is 242 g/mol. The highest BCUT2D eigenvalue weighted by Crippen LogP contribution is 2.19. The smallest absolute Gasteiger partial charge is 0.240 e. The predicted molar refractivity (Wildman–Crippen MR) is 65.8 cm³/mol. The summed E-state index contributed by atoms with van der Waals surface area (Å²) in [5.41, 5.74) is 0.575. The lowest BCUT2D eigenvalue weighted by molar-refractivity contribution is 0.597. The van der Waals surface area contributed by atoms with Crippen LogP contribution in [0, 0.1) is 5.92 Å². The SMILES string of the molecule is CC(C)CCNc1ccccc1S(N)(=O)=O. The minimum absolute atomic E-state index is 0.152. The van der Waals surface area contributed by atoms with Crippen LogP contribution in [-0.2, 0) is 10.0 Å². The van der Waals surface area contributed by atoms with Gasteiger partial charge in [0, 0.05) is 6.54 Å². The highest BCUT2D eigenvalue weighted by atomic mass is 32.2. The fourth-order valence-electron chi connectivity index (χ4n) is 1.36. The highest BCUT2D eigenvalue weighted by Gasteiger charge is 2.12. The number of hydrogen-bond donors (Lipinski definition) is 2. The number of hydrogen-bond acceptors (Lipinski definition) is 3. The van der Waals surface area contributed by atoms with E-state index < -0.39 is 10.0 Å². The minimum atomic E-state index is -3.65. The van der Waals surface area contributed by atoms with Gasteiger partial charge in [-0.3, -0.25) is 0 Å². The lowest BCUT2D eigenvalue weighted by atomic mass is 10.1. The molecule has 4 nitrogen and oxygen atoms in total. The fraction of sp³-hybridized carbons (Fsp3) is 0.455. The van der Waals surface area contributed by atoms with E-state index in [0.29, 0.717) is 11.6 Å². The quantitative estimate of drug-likeness (QED) is 0.827. The highest BCUT2D eigenvalue weighted by molar-refractivity contribution is 7.89. The zero-order valence-corrected chi connectivity index (χ0v) is 10.4. The summed E-state index contributed by atoms with van der Waals surface area (Å²) in [6.45, 7) is 4.98. The Morgan fingerprint density at radius 3 is 2.50 bits per heavy atom. The maximum Gasteiger partial charge on any atom is 0.240 e. The largest absolute Gasteiger partial charge is 0.384 e. The van der Waals surface area contributed by atoms with E-state index in [1.807, 2.05) is 0 Å². The molecule has 16 heavy (non-hydrogen) atoms. The van der Waals surface area contributed by atoms with Crippen molar-refractivity contribution in [3.63, 3.8) is 0 Å². The van der Waals surface area contributed by atoms with Crippen LogP contribution in [0.15, 0.2) is 29.2 Å². The standard InChI is InChI=1S/C11H18N2O2S/c1-9(2)7-8-13-10-5-3-4-6-11(10)16(12,14)15/h3-6,9,13H,7-8H2,1-2H3,(H2,12,14,15). The summed E-state index contributed by atoms with van der Waals surface area (Å²) in [5, 5.41) is 8.21. The third kappa shape index (κ3) is 3.83. The van der Waals surface area contributed by atoms with Crippen LogP contribution in [0.5, 0.6) is 0 Å². The van der Waals surface area contributed by atoms with Gasteiger partial charge in [0.05, 0.1) is 5.69 Å². The van der Waals surface area contributed by atoms with Crippen LogP contribution in [0.4, 0.5) is 5.69 Å². The first-order valence-corrected chi connectivity index (χ1v) is 6.81. The van der Waals surface area contributed by atoms with Crippen molar-refractivity contribution in [1.82, 2.24) is 0 Å². The normalized spacial score (nSPS) is 11.8. The first-order chi connectivity index (χ1) is 7.41. The summed E-state index contributed by atoms with van der Waals surface area (Å²) >= 11 is 0. The molecule has 1 rings (SSSR count). The lowest BCUT2D eigenvalue weighted by Crippen LogP contribution is -2.15. The second-order valence-electron chi connectivity index (χ2n) is 4.15. The van der Waals surface area contributed by atoms with Crippen molar-refractivity contribution in [2.45, 2.75) is 25.2 Å². The maximum absolute atomic E-state index is 11.3. The number of sulfonamides is 1. The predicted octanol–water partition coefficient (Wildman–Crippen LogP) is 1.79. The number of para-hydroxylation sites is 1. The van der Waals surface area contributed by atoms with Crippen molar-refractivity contribution in [2.75, 3.05) is 11.9 Å². The Labute approximate surface area is 96.9 Å². The van der Waals surface area contributed by atoms with Crippen LogP contribution in [0.1, 0.15) is 20.3 Å². The number of nitrogens with two attached hydrogens (primary N) is 1. The number of benzene rings is 1. The van der Waals surface area contributed by atoms with Crippen LogP contribution in [0.3, 0.4) is 0 Å². The van der Waals surface area contributed by atoms with Gasteiger partial charge < -0.3 is 5.32 Å². The number of anilines is 1. The molecule has 1 aromatic rings. The van der Waals surface area contributed by atoms with Gasteiger partial charge in [0.2, 0.25) is 10.0 Å². The molecule has 0 aliphatic carbocycles. The van der Waals surface area contributed by atoms with E-state index >= 15 is 0 Å². The van der Waals surface area contributed by atoms with Gasteiger partial charge >= 0.3 is 0 Å². The van der Waals surface area contributed by atoms with E-state index in [1.54, 1.807) is 18.2 Å². The molecule has 0 amide bonds. The molecule has 3 N–H and O–H groups in total. The number of primary sulfonamides is 1. The molecule has 0 aliphatic rings. The van der Waals surface area contributed by atoms with Crippen LogP contribution in [0.25, 0.3) is 0 Å². The lowest BCUT2D eigenvalue weighted by Gasteiger charge is -2.11. The average Bonchev–Trinajstić information content (AvgIpc) is 2.16. The van der Waals surface area contributed by atoms with Crippen molar-refractivity contribution in [1.29, 1.82) is 0 Å². The minimum Gasteiger partial charge on any atom is -0.384 e. The molecular formula is C11H18N2O2S. The van der Waals surface area contributed by atoms with Gasteiger partial charge in [-0.15, -0.1) is 0 Å². The van der Waals surface area contributed by atoms with Gasteiger partial charge in [0.1, 0.15) is 4.90 Å². The molecule has 0 saturated carbocycles. The number of rotatable bonds is 5. The van der Waals surface area contributed by atoms with E-state index in [0.717, 1.165) is 13.0 Å². The first kappa shape index (κ1) is 13.0. The van der Waals surface area contributed by atoms with Crippen molar-refractivity contribution < 1.29 is 8.42 Å². The second kappa shape index (κ2) is 5.32. The molecule has 0 heterocycles. The molecule has 90 valence electrons. The second-order valence-corrected chi connectivity index (χ2v) is 5.68. The molecule has 5 heteroatoms. The molecule has 0 unspecified atom stereocenters. The van der Waals surface area contributed by atoms with Crippen LogP contribution in [0.2, 0.25) is 0 Å². The van der Waals surface area contributed by atoms with E-state index in [2.05, 4.69) is 19.2 Å². The molecule has 0 radical (unpaired) electrons. The molecule has 0 aromatic heterocycles. The van der Waals surface area contributed by atoms with E-state index in [-0.39, 0.29) is 4.90 Å². The fourth-order valence-corrected chi connectivity index (χ4v) is 2.07. The van der Waals surface area contributed by atoms with Gasteiger partial charge in [-0.1, -0.05) is 26.0 Å². The summed E-state index contributed by atoms with van der Waals surface area (Å²) in [6, 6.07) is 6.67. The zero-order chi connectivity index (χ0) is 12.2. The molecular weight excluding hydrogens is 224 g/mol. The Kier molecular flexibility index (Phi) is 4.32. The summed E-state index contributed by atoms with van der Waals surface area (Å²) in [6.07, 6.45) is 0.985. The van der Waals surface area contributed by atoms with Gasteiger partial charge in [-0.2, -0.15) is 0 Å². The van der Waals surface area contributed by atoms with Crippen LogP contribution < -0.4 is 10.5 Å². The van der Waals surface area contributed by atoms with Gasteiger partial charge in [-0.05, 0) is 24.5 Å². The van der Waals surface area contributed by atoms with E-state index in [1.165, 1.54) is 6.07 Å². The molecule has 0 fully saturated rings. The Bertz CT molecular complexity index is 441. The Morgan fingerprint density at radius 1 is 1.31 bits per heavy atom. The van der Waals surface area contributed by atoms with E-state index in [4.69, 9.17) is 5.14 Å². The Balaban J connectivity index is 2.80. The summed E-state index contributed by atoms with van der Waals surface area (Å²) in [7, 11) is -3.65. The Hall–Kier alpha value is -1.07. The van der Waals surface area contributed by atoms with Crippen molar-refractivity contribution >= 4 is 15.7 Å². The maximum atomic E-state index is 11.3.